The number of hydrogen-bond acceptors (Lipinski definition) is 7. The Hall–Kier alpha value is -2.38. The summed E-state index contributed by atoms with van der Waals surface area (Å²) in [6.07, 6.45) is 0. The van der Waals surface area contributed by atoms with Crippen LogP contribution < -0.4 is 5.43 Å². The molecule has 16 heavy (non-hydrogen) atoms. The van der Waals surface area contributed by atoms with Gasteiger partial charge in [0.05, 0.1) is 0 Å². The summed E-state index contributed by atoms with van der Waals surface area (Å²) >= 11 is 0. The third-order valence-electron chi connectivity index (χ3n) is 1.54. The van der Waals surface area contributed by atoms with Crippen molar-refractivity contribution >= 4 is 11.9 Å². The van der Waals surface area contributed by atoms with E-state index in [1.54, 1.807) is 0 Å². The van der Waals surface area contributed by atoms with Crippen molar-refractivity contribution in [2.75, 3.05) is 0 Å². The van der Waals surface area contributed by atoms with Gasteiger partial charge >= 0.3 is 11.9 Å². The summed E-state index contributed by atoms with van der Waals surface area (Å²) in [5, 5.41) is 19.4. The van der Waals surface area contributed by atoms with Gasteiger partial charge in [-0.25, -0.2) is 0 Å². The summed E-state index contributed by atoms with van der Waals surface area (Å²) in [5.74, 6) is -3.01. The normalized spacial score (nSPS) is 9.81. The highest BCUT2D eigenvalue weighted by molar-refractivity contribution is 5.65. The van der Waals surface area contributed by atoms with E-state index in [-0.39, 0.29) is 5.76 Å². The lowest BCUT2D eigenvalue weighted by molar-refractivity contribution is -0.404. The fourth-order valence-electron chi connectivity index (χ4n) is 0.890. The second kappa shape index (κ2) is 4.43. The minimum absolute atomic E-state index is 0.218. The molecule has 86 valence electrons. The molecule has 1 heterocycles. The van der Waals surface area contributed by atoms with Crippen LogP contribution in [0.5, 0.6) is 5.75 Å². The monoisotopic (exact) mass is 229 g/mol. The van der Waals surface area contributed by atoms with Gasteiger partial charge < -0.3 is 14.3 Å². The van der Waals surface area contributed by atoms with Crippen LogP contribution in [-0.2, 0) is 16.1 Å². The van der Waals surface area contributed by atoms with Gasteiger partial charge in [-0.05, 0) is 0 Å². The Bertz CT molecular complexity index is 490. The van der Waals surface area contributed by atoms with Crippen LogP contribution >= 0.6 is 0 Å². The summed E-state index contributed by atoms with van der Waals surface area (Å²) in [6, 6.07) is 0.811. The Morgan fingerprint density at radius 3 is 2.81 bits per heavy atom. The third kappa shape index (κ3) is 2.56. The summed E-state index contributed by atoms with van der Waals surface area (Å²) in [7, 11) is 0. The van der Waals surface area contributed by atoms with Crippen LogP contribution in [0.2, 0.25) is 0 Å². The van der Waals surface area contributed by atoms with E-state index in [1.807, 2.05) is 0 Å². The average Bonchev–Trinajstić information content (AvgIpc) is 2.19. The Morgan fingerprint density at radius 1 is 1.69 bits per heavy atom. The molecule has 0 amide bonds. The Morgan fingerprint density at radius 2 is 2.31 bits per heavy atom. The smallest absolute Gasteiger partial charge is 0.479 e. The molecule has 1 rings (SSSR count). The number of nitro groups is 1. The van der Waals surface area contributed by atoms with E-state index >= 15 is 0 Å². The summed E-state index contributed by atoms with van der Waals surface area (Å²) in [6.45, 7) is 0.721. The molecule has 0 bridgehead atoms. The van der Waals surface area contributed by atoms with Gasteiger partial charge in [0.1, 0.15) is 11.5 Å². The van der Waals surface area contributed by atoms with E-state index in [0.717, 1.165) is 13.0 Å². The Labute approximate surface area is 88.2 Å². The van der Waals surface area contributed by atoms with Crippen LogP contribution in [0, 0.1) is 10.1 Å². The number of ether oxygens (including phenoxy) is 1. The lowest BCUT2D eigenvalue weighted by Crippen LogP contribution is -2.07. The lowest BCUT2D eigenvalue weighted by atomic mass is 10.3. The first-order valence-electron chi connectivity index (χ1n) is 4.05. The molecule has 0 saturated heterocycles. The lowest BCUT2D eigenvalue weighted by Gasteiger charge is -2.01. The standard InChI is InChI=1S/C8H7NO7/c1-4(10)15-3-5-2-6(11)7(12)8(16-5)9(13)14/h2,12H,3H2,1H3. The van der Waals surface area contributed by atoms with Crippen molar-refractivity contribution in [3.63, 3.8) is 0 Å². The number of esters is 1. The molecular weight excluding hydrogens is 222 g/mol. The zero-order valence-electron chi connectivity index (χ0n) is 8.13. The minimum Gasteiger partial charge on any atom is -0.497 e. The molecule has 0 atom stereocenters. The molecule has 0 unspecified atom stereocenters. The quantitative estimate of drug-likeness (QED) is 0.450. The maximum absolute atomic E-state index is 11.1. The summed E-state index contributed by atoms with van der Waals surface area (Å²) in [5.41, 5.74) is -0.972. The molecule has 8 heteroatoms. The fraction of sp³-hybridized carbons (Fsp3) is 0.250. The van der Waals surface area contributed by atoms with Crippen molar-refractivity contribution in [3.8, 4) is 5.75 Å². The zero-order chi connectivity index (χ0) is 12.3. The van der Waals surface area contributed by atoms with Gasteiger partial charge in [-0.1, -0.05) is 0 Å². The molecular formula is C8H7NO7. The van der Waals surface area contributed by atoms with Crippen molar-refractivity contribution in [2.24, 2.45) is 0 Å². The van der Waals surface area contributed by atoms with E-state index in [2.05, 4.69) is 9.15 Å². The minimum atomic E-state index is -1.09. The van der Waals surface area contributed by atoms with Crippen molar-refractivity contribution in [1.29, 1.82) is 0 Å². The summed E-state index contributed by atoms with van der Waals surface area (Å²) < 4.78 is 9.06. The molecule has 0 radical (unpaired) electrons. The SMILES string of the molecule is CC(=O)OCc1cc(=O)c(O)c([N+](=O)[O-])o1. The molecule has 0 aliphatic heterocycles. The molecule has 0 aliphatic rings. The van der Waals surface area contributed by atoms with Crippen molar-refractivity contribution in [2.45, 2.75) is 13.5 Å². The van der Waals surface area contributed by atoms with E-state index in [0.29, 0.717) is 0 Å². The summed E-state index contributed by atoms with van der Waals surface area (Å²) in [4.78, 5) is 30.8. The van der Waals surface area contributed by atoms with Gasteiger partial charge in [-0.3, -0.25) is 19.7 Å². The largest absolute Gasteiger partial charge is 0.497 e. The molecule has 0 aliphatic carbocycles. The fourth-order valence-corrected chi connectivity index (χ4v) is 0.890. The maximum atomic E-state index is 11.1. The molecule has 0 fully saturated rings. The van der Waals surface area contributed by atoms with Crippen molar-refractivity contribution in [3.05, 3.63) is 32.2 Å². The van der Waals surface area contributed by atoms with E-state index in [4.69, 9.17) is 5.11 Å². The molecule has 8 nitrogen and oxygen atoms in total. The number of nitrogens with zero attached hydrogens (tertiary/aromatic N) is 1. The van der Waals surface area contributed by atoms with Gasteiger partial charge in [-0.2, -0.15) is 0 Å². The first-order chi connectivity index (χ1) is 7.41. The van der Waals surface area contributed by atoms with Crippen LogP contribution in [0.25, 0.3) is 0 Å². The van der Waals surface area contributed by atoms with Gasteiger partial charge in [0.15, 0.2) is 5.76 Å². The molecule has 0 aromatic carbocycles. The van der Waals surface area contributed by atoms with E-state index in [9.17, 15) is 19.7 Å². The van der Waals surface area contributed by atoms with Gasteiger partial charge in [-0.15, -0.1) is 0 Å². The number of carbonyl (C=O) groups excluding carboxylic acids is 1. The number of hydrogen-bond donors (Lipinski definition) is 1. The van der Waals surface area contributed by atoms with Gasteiger partial charge in [0.25, 0.3) is 5.75 Å². The second-order valence-electron chi connectivity index (χ2n) is 2.77. The van der Waals surface area contributed by atoms with Crippen LogP contribution in [0.1, 0.15) is 12.7 Å². The molecule has 0 spiro atoms. The van der Waals surface area contributed by atoms with Crippen LogP contribution in [0.4, 0.5) is 5.88 Å². The molecule has 1 aromatic heterocycles. The zero-order valence-corrected chi connectivity index (χ0v) is 8.13. The maximum Gasteiger partial charge on any atom is 0.479 e. The third-order valence-corrected chi connectivity index (χ3v) is 1.54. The van der Waals surface area contributed by atoms with Crippen LogP contribution in [-0.4, -0.2) is 16.0 Å². The highest BCUT2D eigenvalue weighted by Gasteiger charge is 2.22. The van der Waals surface area contributed by atoms with Crippen LogP contribution in [0.15, 0.2) is 15.3 Å². The highest BCUT2D eigenvalue weighted by atomic mass is 16.7. The van der Waals surface area contributed by atoms with Gasteiger partial charge in [0.2, 0.25) is 5.43 Å². The highest BCUT2D eigenvalue weighted by Crippen LogP contribution is 2.22. The first kappa shape index (κ1) is 11.7. The van der Waals surface area contributed by atoms with E-state index in [1.165, 1.54) is 0 Å². The number of aromatic hydroxyl groups is 1. The Kier molecular flexibility index (Phi) is 3.24. The predicted molar refractivity (Wildman–Crippen MR) is 48.8 cm³/mol. The predicted octanol–water partition coefficient (Wildman–Crippen LogP) is 0.317. The first-order valence-corrected chi connectivity index (χ1v) is 4.05. The molecule has 1 N–H and O–H groups in total. The number of rotatable bonds is 3. The number of carbonyl (C=O) groups is 1. The second-order valence-corrected chi connectivity index (χ2v) is 2.77. The van der Waals surface area contributed by atoms with Gasteiger partial charge in [0, 0.05) is 13.0 Å². The topological polar surface area (TPSA) is 120 Å². The van der Waals surface area contributed by atoms with Crippen molar-refractivity contribution in [1.82, 2.24) is 0 Å². The Balaban J connectivity index is 3.09. The molecule has 0 saturated carbocycles. The van der Waals surface area contributed by atoms with E-state index < -0.39 is 34.6 Å². The van der Waals surface area contributed by atoms with Crippen LogP contribution in [0.3, 0.4) is 0 Å². The van der Waals surface area contributed by atoms with Crippen molar-refractivity contribution < 1.29 is 24.0 Å². The molecule has 1 aromatic rings. The average molecular weight is 229 g/mol.